The Morgan fingerprint density at radius 2 is 1.25 bits per heavy atom. The molecule has 4 heteroatoms. The van der Waals surface area contributed by atoms with Gasteiger partial charge in [0.2, 0.25) is 0 Å². The Bertz CT molecular complexity index is 84.2. The number of nitrogens with two attached hydrogens (primary N) is 2. The molecule has 0 radical (unpaired) electrons. The van der Waals surface area contributed by atoms with Gasteiger partial charge in [-0.1, -0.05) is 0 Å². The highest BCUT2D eigenvalue weighted by atomic mass is 15.1. The second kappa shape index (κ2) is 3.01. The molecule has 0 saturated heterocycles. The number of rotatable bonds is 2. The molecule has 0 aromatic carbocycles. The van der Waals surface area contributed by atoms with Crippen molar-refractivity contribution in [2.45, 2.75) is 0 Å². The van der Waals surface area contributed by atoms with Crippen LogP contribution in [0.5, 0.6) is 0 Å². The molecule has 0 aromatic rings. The van der Waals surface area contributed by atoms with E-state index in [1.165, 1.54) is 0 Å². The van der Waals surface area contributed by atoms with Crippen LogP contribution >= 0.6 is 0 Å². The predicted octanol–water partition coefficient (Wildman–Crippen LogP) is -1.53. The Hall–Kier alpha value is -1.06. The van der Waals surface area contributed by atoms with E-state index >= 15 is 0 Å². The molecule has 0 aromatic heterocycles. The average Bonchev–Trinajstić information content (AvgIpc) is 1.84. The molecule has 0 aliphatic heterocycles. The van der Waals surface area contributed by atoms with Gasteiger partial charge in [-0.2, -0.15) is 0 Å². The van der Waals surface area contributed by atoms with E-state index in [1.807, 2.05) is 0 Å². The van der Waals surface area contributed by atoms with Crippen LogP contribution in [0.15, 0.2) is 11.6 Å². The fraction of sp³-hybridized carbons (Fsp3) is 0.500. The third-order valence-electron chi connectivity index (χ3n) is 0.829. The molecule has 0 amide bonds. The third-order valence-corrected chi connectivity index (χ3v) is 0.829. The van der Waals surface area contributed by atoms with Crippen LogP contribution < -0.4 is 22.1 Å². The standard InChI is InChI=1S/C4H12N4/c1-7-3(5)4(6)8-2/h7-8H,5-6H2,1-2H3/b4-3-. The van der Waals surface area contributed by atoms with Crippen molar-refractivity contribution in [3.63, 3.8) is 0 Å². The molecular weight excluding hydrogens is 104 g/mol. The Labute approximate surface area is 48.9 Å². The second-order valence-electron chi connectivity index (χ2n) is 1.33. The van der Waals surface area contributed by atoms with Crippen molar-refractivity contribution in [1.82, 2.24) is 10.6 Å². The van der Waals surface area contributed by atoms with E-state index in [1.54, 1.807) is 14.1 Å². The van der Waals surface area contributed by atoms with Gasteiger partial charge in [0.05, 0.1) is 0 Å². The summed E-state index contributed by atoms with van der Waals surface area (Å²) in [5.41, 5.74) is 10.6. The van der Waals surface area contributed by atoms with E-state index in [9.17, 15) is 0 Å². The van der Waals surface area contributed by atoms with Gasteiger partial charge in [0.25, 0.3) is 0 Å². The summed E-state index contributed by atoms with van der Waals surface area (Å²) in [7, 11) is 3.42. The van der Waals surface area contributed by atoms with Crippen LogP contribution in [0.1, 0.15) is 0 Å². The van der Waals surface area contributed by atoms with Crippen LogP contribution in [0, 0.1) is 0 Å². The van der Waals surface area contributed by atoms with Crippen LogP contribution in [0.4, 0.5) is 0 Å². The number of hydrogen-bond donors (Lipinski definition) is 4. The Morgan fingerprint density at radius 1 is 1.00 bits per heavy atom. The summed E-state index contributed by atoms with van der Waals surface area (Å²) in [5.74, 6) is 0.931. The van der Waals surface area contributed by atoms with E-state index in [0.29, 0.717) is 11.6 Å². The second-order valence-corrected chi connectivity index (χ2v) is 1.33. The first-order chi connectivity index (χ1) is 3.72. The summed E-state index contributed by atoms with van der Waals surface area (Å²) in [4.78, 5) is 0. The van der Waals surface area contributed by atoms with Crippen LogP contribution in [0.2, 0.25) is 0 Å². The lowest BCUT2D eigenvalue weighted by molar-refractivity contribution is 0.849. The summed E-state index contributed by atoms with van der Waals surface area (Å²) in [5, 5.41) is 5.37. The third kappa shape index (κ3) is 1.59. The van der Waals surface area contributed by atoms with Gasteiger partial charge >= 0.3 is 0 Å². The number of nitrogens with one attached hydrogen (secondary N) is 2. The van der Waals surface area contributed by atoms with Gasteiger partial charge in [-0.05, 0) is 0 Å². The van der Waals surface area contributed by atoms with Crippen LogP contribution in [0.3, 0.4) is 0 Å². The van der Waals surface area contributed by atoms with Crippen molar-refractivity contribution in [2.24, 2.45) is 11.5 Å². The van der Waals surface area contributed by atoms with Crippen molar-refractivity contribution in [3.05, 3.63) is 11.6 Å². The van der Waals surface area contributed by atoms with Crippen LogP contribution in [0.25, 0.3) is 0 Å². The summed E-state index contributed by atoms with van der Waals surface area (Å²) in [6, 6.07) is 0. The molecule has 48 valence electrons. The molecule has 8 heavy (non-hydrogen) atoms. The van der Waals surface area contributed by atoms with E-state index in [0.717, 1.165) is 0 Å². The zero-order chi connectivity index (χ0) is 6.57. The molecule has 0 fully saturated rings. The van der Waals surface area contributed by atoms with Gasteiger partial charge in [0.15, 0.2) is 0 Å². The Morgan fingerprint density at radius 3 is 1.38 bits per heavy atom. The van der Waals surface area contributed by atoms with Crippen LogP contribution in [-0.2, 0) is 0 Å². The Kier molecular flexibility index (Phi) is 2.61. The predicted molar refractivity (Wildman–Crippen MR) is 33.5 cm³/mol. The maximum absolute atomic E-state index is 5.31. The molecule has 0 rings (SSSR count). The monoisotopic (exact) mass is 116 g/mol. The van der Waals surface area contributed by atoms with Crippen LogP contribution in [-0.4, -0.2) is 14.1 Å². The first-order valence-electron chi connectivity index (χ1n) is 2.33. The summed E-state index contributed by atoms with van der Waals surface area (Å²) < 4.78 is 0. The lowest BCUT2D eigenvalue weighted by Gasteiger charge is -2.03. The maximum Gasteiger partial charge on any atom is 0.137 e. The van der Waals surface area contributed by atoms with Gasteiger partial charge in [-0.3, -0.25) is 0 Å². The molecule has 0 bridgehead atoms. The quantitative estimate of drug-likeness (QED) is 0.353. The lowest BCUT2D eigenvalue weighted by Crippen LogP contribution is -2.27. The smallest absolute Gasteiger partial charge is 0.137 e. The van der Waals surface area contributed by atoms with Crippen molar-refractivity contribution >= 4 is 0 Å². The van der Waals surface area contributed by atoms with Gasteiger partial charge in [-0.15, -0.1) is 0 Å². The minimum Gasteiger partial charge on any atom is -0.383 e. The summed E-state index contributed by atoms with van der Waals surface area (Å²) in [6.45, 7) is 0. The minimum atomic E-state index is 0.465. The Balaban J connectivity index is 3.83. The van der Waals surface area contributed by atoms with Gasteiger partial charge in [0, 0.05) is 14.1 Å². The van der Waals surface area contributed by atoms with Gasteiger partial charge in [-0.25, -0.2) is 0 Å². The fourth-order valence-corrected chi connectivity index (χ4v) is 0.269. The first-order valence-corrected chi connectivity index (χ1v) is 2.33. The molecule has 0 spiro atoms. The normalized spacial score (nSPS) is 12.2. The van der Waals surface area contributed by atoms with E-state index in [-0.39, 0.29) is 0 Å². The van der Waals surface area contributed by atoms with Gasteiger partial charge in [0.1, 0.15) is 11.6 Å². The topological polar surface area (TPSA) is 76.1 Å². The molecule has 0 heterocycles. The molecular formula is C4H12N4. The highest BCUT2D eigenvalue weighted by Crippen LogP contribution is 1.74. The van der Waals surface area contributed by atoms with E-state index in [4.69, 9.17) is 11.5 Å². The van der Waals surface area contributed by atoms with E-state index in [2.05, 4.69) is 10.6 Å². The van der Waals surface area contributed by atoms with E-state index < -0.39 is 0 Å². The summed E-state index contributed by atoms with van der Waals surface area (Å²) >= 11 is 0. The SMILES string of the molecule is CN/C(N)=C(/N)NC. The van der Waals surface area contributed by atoms with Gasteiger partial charge < -0.3 is 22.1 Å². The highest BCUT2D eigenvalue weighted by Gasteiger charge is 1.88. The average molecular weight is 116 g/mol. The molecule has 0 atom stereocenters. The fourth-order valence-electron chi connectivity index (χ4n) is 0.269. The minimum absolute atomic E-state index is 0.465. The zero-order valence-corrected chi connectivity index (χ0v) is 5.15. The van der Waals surface area contributed by atoms with Crippen molar-refractivity contribution in [3.8, 4) is 0 Å². The van der Waals surface area contributed by atoms with Crippen molar-refractivity contribution < 1.29 is 0 Å². The highest BCUT2D eigenvalue weighted by molar-refractivity contribution is 5.01. The van der Waals surface area contributed by atoms with Crippen molar-refractivity contribution in [2.75, 3.05) is 14.1 Å². The maximum atomic E-state index is 5.31. The lowest BCUT2D eigenvalue weighted by atomic mass is 10.6. The number of hydrogen-bond acceptors (Lipinski definition) is 4. The molecule has 4 nitrogen and oxygen atoms in total. The molecule has 6 N–H and O–H groups in total. The zero-order valence-electron chi connectivity index (χ0n) is 5.15. The summed E-state index contributed by atoms with van der Waals surface area (Å²) in [6.07, 6.45) is 0. The van der Waals surface area contributed by atoms with Crippen molar-refractivity contribution in [1.29, 1.82) is 0 Å². The first kappa shape index (κ1) is 6.94. The molecule has 0 aliphatic rings. The molecule has 0 aliphatic carbocycles. The molecule has 0 unspecified atom stereocenters. The molecule has 0 saturated carbocycles. The largest absolute Gasteiger partial charge is 0.383 e.